The Morgan fingerprint density at radius 1 is 1.06 bits per heavy atom. The lowest BCUT2D eigenvalue weighted by Crippen LogP contribution is -2.30. The van der Waals surface area contributed by atoms with Gasteiger partial charge >= 0.3 is 0 Å². The summed E-state index contributed by atoms with van der Waals surface area (Å²) in [5, 5.41) is 11.9. The van der Waals surface area contributed by atoms with Crippen molar-refractivity contribution in [3.63, 3.8) is 0 Å². The summed E-state index contributed by atoms with van der Waals surface area (Å²) in [6.07, 6.45) is 0.798. The Hall–Kier alpha value is -3.39. The molecule has 2 aromatic carbocycles. The second-order valence-electron chi connectivity index (χ2n) is 8.38. The van der Waals surface area contributed by atoms with Crippen molar-refractivity contribution in [2.24, 2.45) is 0 Å². The van der Waals surface area contributed by atoms with E-state index in [9.17, 15) is 4.79 Å². The maximum atomic E-state index is 12.8. The molecule has 1 aromatic heterocycles. The van der Waals surface area contributed by atoms with Crippen molar-refractivity contribution >= 4 is 5.91 Å². The third kappa shape index (κ3) is 5.17. The number of hydrogen-bond acceptors (Lipinski definition) is 6. The van der Waals surface area contributed by atoms with Crippen LogP contribution >= 0.6 is 0 Å². The fourth-order valence-electron chi connectivity index (χ4n) is 4.25. The molecule has 0 bridgehead atoms. The molecule has 8 nitrogen and oxygen atoms in total. The zero-order valence-corrected chi connectivity index (χ0v) is 19.7. The van der Waals surface area contributed by atoms with Gasteiger partial charge in [-0.15, -0.1) is 10.2 Å². The van der Waals surface area contributed by atoms with E-state index in [0.29, 0.717) is 5.56 Å². The summed E-state index contributed by atoms with van der Waals surface area (Å²) in [6.45, 7) is 7.19. The Kier molecular flexibility index (Phi) is 6.93. The molecule has 0 radical (unpaired) electrons. The largest absolute Gasteiger partial charge is 0.497 e. The second kappa shape index (κ2) is 10.0. The van der Waals surface area contributed by atoms with E-state index in [1.54, 1.807) is 14.2 Å². The van der Waals surface area contributed by atoms with Crippen LogP contribution in [0.1, 0.15) is 46.1 Å². The molecular formula is C25H31N5O3. The number of carbonyl (C=O) groups excluding carboxylic acids is 1. The maximum Gasteiger partial charge on any atom is 0.252 e. The molecule has 1 atom stereocenters. The van der Waals surface area contributed by atoms with Gasteiger partial charge in [-0.1, -0.05) is 18.2 Å². The number of methoxy groups -OCH3 is 2. The molecule has 1 aliphatic heterocycles. The van der Waals surface area contributed by atoms with Gasteiger partial charge in [0.2, 0.25) is 0 Å². The van der Waals surface area contributed by atoms with Crippen molar-refractivity contribution in [1.29, 1.82) is 0 Å². The third-order valence-corrected chi connectivity index (χ3v) is 6.09. The first kappa shape index (κ1) is 22.8. The quantitative estimate of drug-likeness (QED) is 0.597. The molecular weight excluding hydrogens is 418 g/mol. The number of ether oxygens (including phenoxy) is 2. The van der Waals surface area contributed by atoms with Crippen LogP contribution in [0, 0.1) is 6.92 Å². The Morgan fingerprint density at radius 3 is 2.48 bits per heavy atom. The number of nitrogens with one attached hydrogen (secondary N) is 1. The molecule has 0 aliphatic carbocycles. The van der Waals surface area contributed by atoms with E-state index in [1.165, 1.54) is 0 Å². The number of hydrogen-bond donors (Lipinski definition) is 1. The molecule has 0 spiro atoms. The first-order valence-corrected chi connectivity index (χ1v) is 11.2. The summed E-state index contributed by atoms with van der Waals surface area (Å²) < 4.78 is 13.0. The SMILES string of the molecule is COc1cc(CN2CCc3nnc([C@@H](C)NC(=O)c4ccccc4C)n3CC2)cc(OC)c1. The van der Waals surface area contributed by atoms with Crippen LogP contribution in [-0.4, -0.2) is 52.9 Å². The molecule has 33 heavy (non-hydrogen) atoms. The van der Waals surface area contributed by atoms with E-state index in [0.717, 1.165) is 66.9 Å². The zero-order valence-electron chi connectivity index (χ0n) is 19.7. The van der Waals surface area contributed by atoms with Crippen LogP contribution in [-0.2, 0) is 19.5 Å². The number of fused-ring (bicyclic) bond motifs is 1. The van der Waals surface area contributed by atoms with Crippen molar-refractivity contribution in [3.8, 4) is 11.5 Å². The summed E-state index contributed by atoms with van der Waals surface area (Å²) in [6, 6.07) is 13.3. The lowest BCUT2D eigenvalue weighted by atomic mass is 10.1. The molecule has 2 heterocycles. The van der Waals surface area contributed by atoms with Crippen molar-refractivity contribution in [2.75, 3.05) is 27.3 Å². The minimum atomic E-state index is -0.243. The molecule has 0 unspecified atom stereocenters. The van der Waals surface area contributed by atoms with Gasteiger partial charge in [0.1, 0.15) is 17.3 Å². The highest BCUT2D eigenvalue weighted by atomic mass is 16.5. The van der Waals surface area contributed by atoms with Gasteiger partial charge < -0.3 is 19.4 Å². The third-order valence-electron chi connectivity index (χ3n) is 6.09. The Balaban J connectivity index is 1.43. The lowest BCUT2D eigenvalue weighted by Gasteiger charge is -2.21. The first-order valence-electron chi connectivity index (χ1n) is 11.2. The van der Waals surface area contributed by atoms with Crippen molar-refractivity contribution in [1.82, 2.24) is 25.0 Å². The van der Waals surface area contributed by atoms with E-state index < -0.39 is 0 Å². The molecule has 1 aliphatic rings. The Morgan fingerprint density at radius 2 is 1.79 bits per heavy atom. The van der Waals surface area contributed by atoms with E-state index in [-0.39, 0.29) is 11.9 Å². The van der Waals surface area contributed by atoms with Gasteiger partial charge in [-0.25, -0.2) is 0 Å². The van der Waals surface area contributed by atoms with Crippen molar-refractivity contribution in [3.05, 3.63) is 70.8 Å². The molecule has 3 aromatic rings. The number of rotatable bonds is 7. The smallest absolute Gasteiger partial charge is 0.252 e. The van der Waals surface area contributed by atoms with Crippen molar-refractivity contribution in [2.45, 2.75) is 39.4 Å². The zero-order chi connectivity index (χ0) is 23.4. The maximum absolute atomic E-state index is 12.8. The number of benzene rings is 2. The van der Waals surface area contributed by atoms with E-state index in [2.05, 4.69) is 25.0 Å². The summed E-state index contributed by atoms with van der Waals surface area (Å²) >= 11 is 0. The minimum Gasteiger partial charge on any atom is -0.497 e. The van der Waals surface area contributed by atoms with Gasteiger partial charge in [0.15, 0.2) is 5.82 Å². The van der Waals surface area contributed by atoms with Crippen molar-refractivity contribution < 1.29 is 14.3 Å². The number of nitrogens with zero attached hydrogens (tertiary/aromatic N) is 4. The van der Waals surface area contributed by atoms with Crippen LogP contribution in [0.15, 0.2) is 42.5 Å². The molecule has 0 saturated heterocycles. The highest BCUT2D eigenvalue weighted by molar-refractivity contribution is 5.95. The molecule has 1 N–H and O–H groups in total. The predicted molar refractivity (Wildman–Crippen MR) is 126 cm³/mol. The molecule has 1 amide bonds. The van der Waals surface area contributed by atoms with Crippen LogP contribution in [0.2, 0.25) is 0 Å². The minimum absolute atomic E-state index is 0.0971. The Labute approximate surface area is 194 Å². The number of aryl methyl sites for hydroxylation is 1. The summed E-state index contributed by atoms with van der Waals surface area (Å²) in [5.41, 5.74) is 2.77. The molecule has 4 rings (SSSR count). The highest BCUT2D eigenvalue weighted by Gasteiger charge is 2.23. The van der Waals surface area contributed by atoms with Gasteiger partial charge in [0.05, 0.1) is 20.3 Å². The van der Waals surface area contributed by atoms with E-state index in [4.69, 9.17) is 9.47 Å². The number of aromatic nitrogens is 3. The average molecular weight is 450 g/mol. The number of carbonyl (C=O) groups is 1. The monoisotopic (exact) mass is 449 g/mol. The van der Waals surface area contributed by atoms with Crippen LogP contribution in [0.3, 0.4) is 0 Å². The van der Waals surface area contributed by atoms with Crippen LogP contribution in [0.25, 0.3) is 0 Å². The topological polar surface area (TPSA) is 81.5 Å². The lowest BCUT2D eigenvalue weighted by molar-refractivity contribution is 0.0937. The fraction of sp³-hybridized carbons (Fsp3) is 0.400. The average Bonchev–Trinajstić information content (AvgIpc) is 3.13. The second-order valence-corrected chi connectivity index (χ2v) is 8.38. The molecule has 0 fully saturated rings. The first-order chi connectivity index (χ1) is 16.0. The highest BCUT2D eigenvalue weighted by Crippen LogP contribution is 2.24. The normalized spacial score (nSPS) is 14.8. The number of amides is 1. The van der Waals surface area contributed by atoms with Gasteiger partial charge in [-0.2, -0.15) is 0 Å². The van der Waals surface area contributed by atoms with Crippen LogP contribution in [0.4, 0.5) is 0 Å². The van der Waals surface area contributed by atoms with Gasteiger partial charge in [-0.05, 0) is 43.2 Å². The van der Waals surface area contributed by atoms with E-state index in [1.807, 2.05) is 56.3 Å². The molecule has 0 saturated carbocycles. The molecule has 8 heteroatoms. The van der Waals surface area contributed by atoms with Gasteiger partial charge in [-0.3, -0.25) is 9.69 Å². The summed E-state index contributed by atoms with van der Waals surface area (Å²) in [5.74, 6) is 3.22. The standard InChI is InChI=1S/C25H31N5O3/c1-17-7-5-6-8-22(17)25(31)26-18(2)24-28-27-23-9-10-29(11-12-30(23)24)16-19-13-20(32-3)15-21(14-19)33-4/h5-8,13-15,18H,9-12,16H2,1-4H3,(H,26,31)/t18-/m1/s1. The summed E-state index contributed by atoms with van der Waals surface area (Å²) in [7, 11) is 3.33. The fourth-order valence-corrected chi connectivity index (χ4v) is 4.25. The van der Waals surface area contributed by atoms with Gasteiger partial charge in [0, 0.05) is 44.2 Å². The van der Waals surface area contributed by atoms with Crippen LogP contribution < -0.4 is 14.8 Å². The predicted octanol–water partition coefficient (Wildman–Crippen LogP) is 3.15. The Bertz CT molecular complexity index is 1100. The van der Waals surface area contributed by atoms with Gasteiger partial charge in [0.25, 0.3) is 5.91 Å². The van der Waals surface area contributed by atoms with Crippen LogP contribution in [0.5, 0.6) is 11.5 Å². The molecule has 174 valence electrons. The summed E-state index contributed by atoms with van der Waals surface area (Å²) in [4.78, 5) is 15.2. The van der Waals surface area contributed by atoms with E-state index >= 15 is 0 Å².